The highest BCUT2D eigenvalue weighted by molar-refractivity contribution is 5.81. The third kappa shape index (κ3) is 4.84. The lowest BCUT2D eigenvalue weighted by atomic mass is 10.1. The minimum absolute atomic E-state index is 0.0992. The molecular weight excluding hydrogens is 331 g/mol. The maximum absolute atomic E-state index is 12.9. The number of benzene rings is 2. The van der Waals surface area contributed by atoms with E-state index in [1.54, 1.807) is 12.1 Å². The van der Waals surface area contributed by atoms with Gasteiger partial charge in [-0.25, -0.2) is 4.39 Å². The lowest BCUT2D eigenvalue weighted by Crippen LogP contribution is -2.31. The van der Waals surface area contributed by atoms with Gasteiger partial charge >= 0.3 is 0 Å². The summed E-state index contributed by atoms with van der Waals surface area (Å²) in [7, 11) is 0. The van der Waals surface area contributed by atoms with Crippen LogP contribution in [0.25, 0.3) is 10.9 Å². The minimum atomic E-state index is -0.219. The van der Waals surface area contributed by atoms with Crippen molar-refractivity contribution in [1.29, 1.82) is 0 Å². The normalized spacial score (nSPS) is 12.4. The van der Waals surface area contributed by atoms with Crippen LogP contribution in [0.3, 0.4) is 0 Å². The van der Waals surface area contributed by atoms with E-state index in [1.165, 1.54) is 17.5 Å². The van der Waals surface area contributed by atoms with E-state index >= 15 is 0 Å². The van der Waals surface area contributed by atoms with E-state index in [0.29, 0.717) is 6.61 Å². The Kier molecular flexibility index (Phi) is 6.26. The molecule has 0 aliphatic heterocycles. The number of hydrogen-bond donors (Lipinski definition) is 2. The molecule has 2 N–H and O–H groups in total. The largest absolute Gasteiger partial charge is 0.493 e. The number of nitrogens with one attached hydrogen (secondary N) is 1. The van der Waals surface area contributed by atoms with Gasteiger partial charge in [-0.15, -0.1) is 0 Å². The van der Waals surface area contributed by atoms with Gasteiger partial charge in [-0.05, 0) is 48.2 Å². The van der Waals surface area contributed by atoms with E-state index in [1.807, 2.05) is 13.0 Å². The molecule has 5 heteroatoms. The fourth-order valence-corrected chi connectivity index (χ4v) is 2.88. The Morgan fingerprint density at radius 3 is 2.73 bits per heavy atom. The van der Waals surface area contributed by atoms with Crippen LogP contribution in [0.4, 0.5) is 4.39 Å². The first kappa shape index (κ1) is 18.4. The molecule has 0 fully saturated rings. The van der Waals surface area contributed by atoms with Gasteiger partial charge in [0.25, 0.3) is 0 Å². The fourth-order valence-electron chi connectivity index (χ4n) is 2.88. The summed E-state index contributed by atoms with van der Waals surface area (Å²) in [6.07, 6.45) is 2.81. The first-order valence-electron chi connectivity index (χ1n) is 8.96. The van der Waals surface area contributed by atoms with Crippen LogP contribution in [-0.4, -0.2) is 35.5 Å². The summed E-state index contributed by atoms with van der Waals surface area (Å²) in [6.45, 7) is 4.26. The SMILES string of the molecule is C[C@H](CO)NCCn1ccc2ccc(OCCc3ccc(F)cc3)cc21. The van der Waals surface area contributed by atoms with Gasteiger partial charge in [0.1, 0.15) is 11.6 Å². The number of nitrogens with zero attached hydrogens (tertiary/aromatic N) is 1. The maximum atomic E-state index is 12.9. The van der Waals surface area contributed by atoms with Crippen molar-refractivity contribution in [2.24, 2.45) is 0 Å². The van der Waals surface area contributed by atoms with Crippen LogP contribution in [0.2, 0.25) is 0 Å². The summed E-state index contributed by atoms with van der Waals surface area (Å²) in [6, 6.07) is 14.8. The molecule has 1 aromatic heterocycles. The lowest BCUT2D eigenvalue weighted by Gasteiger charge is -2.12. The molecule has 4 nitrogen and oxygen atoms in total. The van der Waals surface area contributed by atoms with Crippen LogP contribution in [0, 0.1) is 5.82 Å². The molecular formula is C21H25FN2O2. The average Bonchev–Trinajstić information content (AvgIpc) is 3.05. The first-order valence-corrected chi connectivity index (χ1v) is 8.96. The van der Waals surface area contributed by atoms with Crippen molar-refractivity contribution in [2.75, 3.05) is 19.8 Å². The van der Waals surface area contributed by atoms with Gasteiger partial charge in [-0.2, -0.15) is 0 Å². The van der Waals surface area contributed by atoms with Gasteiger partial charge in [0, 0.05) is 37.8 Å². The molecule has 1 heterocycles. The Morgan fingerprint density at radius 2 is 1.96 bits per heavy atom. The number of fused-ring (bicyclic) bond motifs is 1. The minimum Gasteiger partial charge on any atom is -0.493 e. The van der Waals surface area contributed by atoms with Gasteiger partial charge in [0.15, 0.2) is 0 Å². The number of aromatic nitrogens is 1. The number of aliphatic hydroxyl groups excluding tert-OH is 1. The van der Waals surface area contributed by atoms with Gasteiger partial charge in [0.2, 0.25) is 0 Å². The molecule has 138 valence electrons. The lowest BCUT2D eigenvalue weighted by molar-refractivity contribution is 0.251. The summed E-state index contributed by atoms with van der Waals surface area (Å²) < 4.78 is 21.0. The Hall–Kier alpha value is -2.37. The second-order valence-corrected chi connectivity index (χ2v) is 6.49. The van der Waals surface area contributed by atoms with Crippen molar-refractivity contribution in [2.45, 2.75) is 25.9 Å². The zero-order chi connectivity index (χ0) is 18.4. The summed E-state index contributed by atoms with van der Waals surface area (Å²) >= 11 is 0. The predicted octanol–water partition coefficient (Wildman–Crippen LogP) is 3.37. The molecule has 0 aliphatic carbocycles. The number of rotatable bonds is 9. The average molecular weight is 356 g/mol. The van der Waals surface area contributed by atoms with Crippen molar-refractivity contribution in [3.8, 4) is 5.75 Å². The number of hydrogen-bond acceptors (Lipinski definition) is 3. The molecule has 26 heavy (non-hydrogen) atoms. The van der Waals surface area contributed by atoms with Crippen LogP contribution in [0.5, 0.6) is 5.75 Å². The highest BCUT2D eigenvalue weighted by Crippen LogP contribution is 2.22. The number of halogens is 1. The van der Waals surface area contributed by atoms with E-state index in [9.17, 15) is 4.39 Å². The quantitative estimate of drug-likeness (QED) is 0.618. The molecule has 2 aromatic carbocycles. The van der Waals surface area contributed by atoms with Crippen LogP contribution in [-0.2, 0) is 13.0 Å². The third-order valence-corrected chi connectivity index (χ3v) is 4.44. The number of aliphatic hydroxyl groups is 1. The van der Waals surface area contributed by atoms with Crippen LogP contribution in [0.15, 0.2) is 54.7 Å². The van der Waals surface area contributed by atoms with Crippen LogP contribution in [0.1, 0.15) is 12.5 Å². The molecule has 1 atom stereocenters. The Morgan fingerprint density at radius 1 is 1.15 bits per heavy atom. The highest BCUT2D eigenvalue weighted by Gasteiger charge is 2.05. The smallest absolute Gasteiger partial charge is 0.123 e. The van der Waals surface area contributed by atoms with Crippen molar-refractivity contribution >= 4 is 10.9 Å². The van der Waals surface area contributed by atoms with Crippen molar-refractivity contribution in [3.63, 3.8) is 0 Å². The molecule has 0 aliphatic rings. The van der Waals surface area contributed by atoms with Gasteiger partial charge in [0.05, 0.1) is 18.7 Å². The molecule has 0 saturated heterocycles. The summed E-state index contributed by atoms with van der Waals surface area (Å²) in [5.74, 6) is 0.611. The van der Waals surface area contributed by atoms with Crippen LogP contribution >= 0.6 is 0 Å². The molecule has 3 aromatic rings. The second-order valence-electron chi connectivity index (χ2n) is 6.49. The van der Waals surface area contributed by atoms with Crippen molar-refractivity contribution < 1.29 is 14.2 Å². The first-order chi connectivity index (χ1) is 12.7. The zero-order valence-electron chi connectivity index (χ0n) is 15.0. The molecule has 0 radical (unpaired) electrons. The Bertz CT molecular complexity index is 830. The standard InChI is InChI=1S/C21H25FN2O2/c1-16(15-25)23-10-12-24-11-8-18-4-7-20(14-21(18)24)26-13-9-17-2-5-19(22)6-3-17/h2-8,11,14,16,23,25H,9-10,12-13,15H2,1H3/t16-/m1/s1. The zero-order valence-corrected chi connectivity index (χ0v) is 15.0. The molecule has 0 saturated carbocycles. The summed E-state index contributed by atoms with van der Waals surface area (Å²) in [4.78, 5) is 0. The summed E-state index contributed by atoms with van der Waals surface area (Å²) in [5, 5.41) is 13.5. The fraction of sp³-hybridized carbons (Fsp3) is 0.333. The number of ether oxygens (including phenoxy) is 1. The topological polar surface area (TPSA) is 46.4 Å². The van der Waals surface area contributed by atoms with E-state index in [-0.39, 0.29) is 18.5 Å². The van der Waals surface area contributed by atoms with E-state index in [2.05, 4.69) is 34.3 Å². The Labute approximate surface area is 153 Å². The Balaban J connectivity index is 1.58. The van der Waals surface area contributed by atoms with E-state index in [4.69, 9.17) is 9.84 Å². The molecule has 0 bridgehead atoms. The van der Waals surface area contributed by atoms with Gasteiger partial charge < -0.3 is 19.7 Å². The maximum Gasteiger partial charge on any atom is 0.123 e. The van der Waals surface area contributed by atoms with E-state index < -0.39 is 0 Å². The predicted molar refractivity (Wildman–Crippen MR) is 102 cm³/mol. The monoisotopic (exact) mass is 356 g/mol. The molecule has 0 amide bonds. The van der Waals surface area contributed by atoms with Crippen LogP contribution < -0.4 is 10.1 Å². The summed E-state index contributed by atoms with van der Waals surface area (Å²) in [5.41, 5.74) is 2.18. The van der Waals surface area contributed by atoms with Gasteiger partial charge in [-0.1, -0.05) is 12.1 Å². The molecule has 0 spiro atoms. The second kappa shape index (κ2) is 8.83. The van der Waals surface area contributed by atoms with Crippen molar-refractivity contribution in [1.82, 2.24) is 9.88 Å². The van der Waals surface area contributed by atoms with E-state index in [0.717, 1.165) is 36.3 Å². The molecule has 3 rings (SSSR count). The van der Waals surface area contributed by atoms with Gasteiger partial charge in [-0.3, -0.25) is 0 Å². The molecule has 0 unspecified atom stereocenters. The third-order valence-electron chi connectivity index (χ3n) is 4.44. The van der Waals surface area contributed by atoms with Crippen molar-refractivity contribution in [3.05, 3.63) is 66.1 Å². The highest BCUT2D eigenvalue weighted by atomic mass is 19.1.